The van der Waals surface area contributed by atoms with Crippen LogP contribution in [0.1, 0.15) is 18.4 Å². The van der Waals surface area contributed by atoms with Crippen molar-refractivity contribution in [3.63, 3.8) is 0 Å². The van der Waals surface area contributed by atoms with Crippen molar-refractivity contribution < 1.29 is 22.7 Å². The fourth-order valence-corrected chi connectivity index (χ4v) is 6.18. The van der Waals surface area contributed by atoms with Crippen LogP contribution < -0.4 is 14.8 Å². The van der Waals surface area contributed by atoms with Gasteiger partial charge in [-0.15, -0.1) is 0 Å². The third-order valence-corrected chi connectivity index (χ3v) is 8.19. The molecule has 1 atom stereocenters. The summed E-state index contributed by atoms with van der Waals surface area (Å²) in [5.74, 6) is 0.751. The van der Waals surface area contributed by atoms with Crippen LogP contribution in [0.4, 0.5) is 0 Å². The number of fused-ring (bicyclic) bond motifs is 1. The highest BCUT2D eigenvalue weighted by molar-refractivity contribution is 7.88. The van der Waals surface area contributed by atoms with Gasteiger partial charge in [0.15, 0.2) is 11.5 Å². The van der Waals surface area contributed by atoms with Crippen molar-refractivity contribution in [3.8, 4) is 11.5 Å². The monoisotopic (exact) mass is 498 g/mol. The molecule has 0 spiro atoms. The van der Waals surface area contributed by atoms with Crippen molar-refractivity contribution in [1.29, 1.82) is 0 Å². The first-order valence-electron chi connectivity index (χ1n) is 10.4. The van der Waals surface area contributed by atoms with E-state index in [1.54, 1.807) is 18.2 Å². The molecule has 1 N–H and O–H groups in total. The molecule has 1 fully saturated rings. The number of ether oxygens (including phenoxy) is 2. The zero-order valence-electron chi connectivity index (χ0n) is 17.3. The predicted molar refractivity (Wildman–Crippen MR) is 123 cm³/mol. The molecule has 0 aliphatic carbocycles. The molecule has 0 aromatic heterocycles. The number of nitrogens with one attached hydrogen (secondary N) is 1. The van der Waals surface area contributed by atoms with E-state index in [0.29, 0.717) is 53.1 Å². The number of carbonyl (C=O) groups excluding carboxylic acids is 1. The number of amides is 1. The molecule has 172 valence electrons. The minimum Gasteiger partial charge on any atom is -0.486 e. The van der Waals surface area contributed by atoms with Crippen LogP contribution in [0.15, 0.2) is 42.5 Å². The summed E-state index contributed by atoms with van der Waals surface area (Å²) >= 11 is 12.3. The van der Waals surface area contributed by atoms with E-state index in [9.17, 15) is 13.2 Å². The highest BCUT2D eigenvalue weighted by atomic mass is 35.5. The quantitative estimate of drug-likeness (QED) is 0.658. The lowest BCUT2D eigenvalue weighted by molar-refractivity contribution is -0.126. The van der Waals surface area contributed by atoms with E-state index in [1.165, 1.54) is 4.31 Å². The molecule has 0 unspecified atom stereocenters. The summed E-state index contributed by atoms with van der Waals surface area (Å²) in [4.78, 5) is 12.6. The van der Waals surface area contributed by atoms with Crippen molar-refractivity contribution in [2.75, 3.05) is 26.2 Å². The van der Waals surface area contributed by atoms with E-state index in [2.05, 4.69) is 5.32 Å². The molecule has 1 saturated heterocycles. The first kappa shape index (κ1) is 23.2. The van der Waals surface area contributed by atoms with Crippen LogP contribution in [-0.4, -0.2) is 51.0 Å². The van der Waals surface area contributed by atoms with Gasteiger partial charge in [0.05, 0.1) is 12.3 Å². The summed E-state index contributed by atoms with van der Waals surface area (Å²) in [6.07, 6.45) is 0.632. The number of rotatable bonds is 6. The van der Waals surface area contributed by atoms with E-state index in [0.717, 1.165) is 0 Å². The van der Waals surface area contributed by atoms with Gasteiger partial charge in [-0.1, -0.05) is 41.4 Å². The number of para-hydroxylation sites is 2. The summed E-state index contributed by atoms with van der Waals surface area (Å²) in [6, 6.07) is 12.3. The van der Waals surface area contributed by atoms with E-state index >= 15 is 0 Å². The molecule has 7 nitrogen and oxygen atoms in total. The van der Waals surface area contributed by atoms with Crippen molar-refractivity contribution in [2.45, 2.75) is 24.7 Å². The Labute approximate surface area is 197 Å². The molecule has 10 heteroatoms. The Morgan fingerprint density at radius 1 is 1.03 bits per heavy atom. The number of piperidine rings is 1. The van der Waals surface area contributed by atoms with Crippen molar-refractivity contribution >= 4 is 39.1 Å². The van der Waals surface area contributed by atoms with Crippen LogP contribution in [0.5, 0.6) is 11.5 Å². The van der Waals surface area contributed by atoms with Gasteiger partial charge in [-0.3, -0.25) is 4.79 Å². The minimum absolute atomic E-state index is 0.0985. The van der Waals surface area contributed by atoms with Gasteiger partial charge in [0, 0.05) is 34.6 Å². The SMILES string of the molecule is O=C(NC[C@@H]1COc2ccccc2O1)C1CCN(S(=O)(=O)Cc2c(Cl)cccc2Cl)CC1. The first-order chi connectivity index (χ1) is 15.3. The zero-order valence-corrected chi connectivity index (χ0v) is 19.6. The van der Waals surface area contributed by atoms with Crippen LogP contribution in [0, 0.1) is 5.92 Å². The molecule has 2 aromatic rings. The maximum atomic E-state index is 12.8. The Morgan fingerprint density at radius 2 is 1.69 bits per heavy atom. The fraction of sp³-hybridized carbons (Fsp3) is 0.409. The molecule has 2 aliphatic rings. The topological polar surface area (TPSA) is 84.9 Å². The Hall–Kier alpha value is -2.00. The lowest BCUT2D eigenvalue weighted by Crippen LogP contribution is -2.46. The smallest absolute Gasteiger partial charge is 0.223 e. The Bertz CT molecular complexity index is 1070. The van der Waals surface area contributed by atoms with Crippen molar-refractivity contribution in [2.24, 2.45) is 5.92 Å². The molecule has 2 aromatic carbocycles. The van der Waals surface area contributed by atoms with Gasteiger partial charge in [-0.05, 0) is 37.1 Å². The van der Waals surface area contributed by atoms with Gasteiger partial charge in [0.1, 0.15) is 12.7 Å². The van der Waals surface area contributed by atoms with Gasteiger partial charge in [0.25, 0.3) is 0 Å². The summed E-state index contributed by atoms with van der Waals surface area (Å²) in [5.41, 5.74) is 0.395. The summed E-state index contributed by atoms with van der Waals surface area (Å²) in [7, 11) is -3.59. The van der Waals surface area contributed by atoms with Gasteiger partial charge < -0.3 is 14.8 Å². The average Bonchev–Trinajstić information content (AvgIpc) is 2.80. The van der Waals surface area contributed by atoms with E-state index in [1.807, 2.05) is 24.3 Å². The predicted octanol–water partition coefficient (Wildman–Crippen LogP) is 3.49. The van der Waals surface area contributed by atoms with Crippen LogP contribution in [0.25, 0.3) is 0 Å². The number of benzene rings is 2. The van der Waals surface area contributed by atoms with E-state index < -0.39 is 10.0 Å². The van der Waals surface area contributed by atoms with Crippen molar-refractivity contribution in [3.05, 3.63) is 58.1 Å². The van der Waals surface area contributed by atoms with Crippen molar-refractivity contribution in [1.82, 2.24) is 9.62 Å². The number of halogens is 2. The molecule has 32 heavy (non-hydrogen) atoms. The van der Waals surface area contributed by atoms with Gasteiger partial charge in [-0.25, -0.2) is 12.7 Å². The Kier molecular flexibility index (Phi) is 7.14. The first-order valence-corrected chi connectivity index (χ1v) is 12.8. The minimum atomic E-state index is -3.59. The number of sulfonamides is 1. The standard InChI is InChI=1S/C22H24Cl2N2O5S/c23-18-4-3-5-19(24)17(18)14-32(28,29)26-10-8-15(9-11-26)22(27)25-12-16-13-30-20-6-1-2-7-21(20)31-16/h1-7,15-16H,8-14H2,(H,25,27)/t16-/m1/s1. The third kappa shape index (κ3) is 5.31. The van der Waals surface area contributed by atoms with Crippen LogP contribution in [-0.2, 0) is 20.6 Å². The highest BCUT2D eigenvalue weighted by Crippen LogP contribution is 2.31. The number of hydrogen-bond acceptors (Lipinski definition) is 5. The average molecular weight is 499 g/mol. The molecule has 2 aliphatic heterocycles. The molecular weight excluding hydrogens is 475 g/mol. The van der Waals surface area contributed by atoms with Crippen LogP contribution in [0.2, 0.25) is 10.0 Å². The Balaban J connectivity index is 1.26. The molecule has 4 rings (SSSR count). The summed E-state index contributed by atoms with van der Waals surface area (Å²) < 4.78 is 38.6. The number of carbonyl (C=O) groups is 1. The molecule has 0 saturated carbocycles. The fourth-order valence-electron chi connectivity index (χ4n) is 3.86. The number of hydrogen-bond donors (Lipinski definition) is 1. The zero-order chi connectivity index (χ0) is 22.7. The maximum absolute atomic E-state index is 12.8. The second-order valence-electron chi connectivity index (χ2n) is 7.87. The largest absolute Gasteiger partial charge is 0.486 e. The number of nitrogens with zero attached hydrogens (tertiary/aromatic N) is 1. The molecule has 0 bridgehead atoms. The van der Waals surface area contributed by atoms with Gasteiger partial charge >= 0.3 is 0 Å². The maximum Gasteiger partial charge on any atom is 0.223 e. The lowest BCUT2D eigenvalue weighted by Gasteiger charge is -2.31. The summed E-state index contributed by atoms with van der Waals surface area (Å²) in [5, 5.41) is 3.57. The van der Waals surface area contributed by atoms with Crippen LogP contribution >= 0.6 is 23.2 Å². The highest BCUT2D eigenvalue weighted by Gasteiger charge is 2.32. The summed E-state index contributed by atoms with van der Waals surface area (Å²) in [6.45, 7) is 1.24. The van der Waals surface area contributed by atoms with Gasteiger partial charge in [-0.2, -0.15) is 0 Å². The van der Waals surface area contributed by atoms with Crippen LogP contribution in [0.3, 0.4) is 0 Å². The molecule has 1 amide bonds. The third-order valence-electron chi connectivity index (χ3n) is 5.68. The van der Waals surface area contributed by atoms with E-state index in [-0.39, 0.29) is 36.8 Å². The normalized spacial score (nSPS) is 19.5. The molecular formula is C22H24Cl2N2O5S. The second kappa shape index (κ2) is 9.87. The molecule has 2 heterocycles. The Morgan fingerprint density at radius 3 is 2.38 bits per heavy atom. The van der Waals surface area contributed by atoms with Gasteiger partial charge in [0.2, 0.25) is 15.9 Å². The second-order valence-corrected chi connectivity index (χ2v) is 10.7. The van der Waals surface area contributed by atoms with E-state index in [4.69, 9.17) is 32.7 Å². The molecule has 0 radical (unpaired) electrons. The lowest BCUT2D eigenvalue weighted by atomic mass is 9.97.